The van der Waals surface area contributed by atoms with Crippen LogP contribution in [0.25, 0.3) is 22.3 Å². The fourth-order valence-electron chi connectivity index (χ4n) is 4.88. The fourth-order valence-corrected chi connectivity index (χ4v) is 4.88. The van der Waals surface area contributed by atoms with Crippen molar-refractivity contribution in [3.05, 3.63) is 107 Å². The monoisotopic (exact) mass is 414 g/mol. The second-order valence-corrected chi connectivity index (χ2v) is 9.20. The molecule has 0 fully saturated rings. The van der Waals surface area contributed by atoms with Gasteiger partial charge in [0, 0.05) is 22.4 Å². The Bertz CT molecular complexity index is 1390. The van der Waals surface area contributed by atoms with Crippen LogP contribution in [-0.2, 0) is 5.41 Å². The molecule has 0 aliphatic heterocycles. The lowest BCUT2D eigenvalue weighted by atomic mass is 9.81. The maximum absolute atomic E-state index is 9.77. The summed E-state index contributed by atoms with van der Waals surface area (Å²) < 4.78 is 0. The van der Waals surface area contributed by atoms with E-state index in [1.165, 1.54) is 33.4 Å². The average Bonchev–Trinajstić information content (AvgIpc) is 3.02. The molecule has 156 valence electrons. The number of rotatable bonds is 3. The lowest BCUT2D eigenvalue weighted by Gasteiger charge is -2.22. The van der Waals surface area contributed by atoms with Gasteiger partial charge in [0.2, 0.25) is 0 Å². The molecule has 4 aromatic carbocycles. The van der Waals surface area contributed by atoms with Gasteiger partial charge in [-0.3, -0.25) is 0 Å². The molecule has 0 atom stereocenters. The SMILES string of the molecule is Cc1ccc(-c2ccccc2)cc1Nc1cc2c(cc1C)C(C)(C)c1cccc(C#N)c1-2. The third kappa shape index (κ3) is 3.10. The molecule has 1 aliphatic carbocycles. The van der Waals surface area contributed by atoms with Gasteiger partial charge in [0.15, 0.2) is 0 Å². The Labute approximate surface area is 190 Å². The summed E-state index contributed by atoms with van der Waals surface area (Å²) in [6.07, 6.45) is 0. The normalized spacial score (nSPS) is 13.2. The quantitative estimate of drug-likeness (QED) is 0.370. The Balaban J connectivity index is 1.62. The highest BCUT2D eigenvalue weighted by Crippen LogP contribution is 2.51. The van der Waals surface area contributed by atoms with Gasteiger partial charge in [-0.05, 0) is 71.0 Å². The van der Waals surface area contributed by atoms with Crippen molar-refractivity contribution in [2.24, 2.45) is 0 Å². The molecule has 0 saturated heterocycles. The minimum absolute atomic E-state index is 0.121. The first kappa shape index (κ1) is 20.1. The highest BCUT2D eigenvalue weighted by molar-refractivity contribution is 5.88. The summed E-state index contributed by atoms with van der Waals surface area (Å²) in [6.45, 7) is 8.78. The van der Waals surface area contributed by atoms with Crippen LogP contribution < -0.4 is 5.32 Å². The molecule has 2 heteroatoms. The summed E-state index contributed by atoms with van der Waals surface area (Å²) in [6, 6.07) is 30.0. The molecule has 5 rings (SSSR count). The van der Waals surface area contributed by atoms with Crippen molar-refractivity contribution < 1.29 is 0 Å². The number of nitrogens with one attached hydrogen (secondary N) is 1. The van der Waals surface area contributed by atoms with E-state index in [0.717, 1.165) is 28.1 Å². The predicted octanol–water partition coefficient (Wildman–Crippen LogP) is 7.89. The molecule has 32 heavy (non-hydrogen) atoms. The van der Waals surface area contributed by atoms with Crippen LogP contribution in [0.5, 0.6) is 0 Å². The number of anilines is 2. The van der Waals surface area contributed by atoms with E-state index in [1.54, 1.807) is 0 Å². The van der Waals surface area contributed by atoms with Crippen molar-refractivity contribution in [3.8, 4) is 28.3 Å². The standard InChI is InChI=1S/C30H26N2/c1-19-13-14-22(21-9-6-5-7-10-21)16-27(19)32-28-17-24-26(15-20(28)2)30(3,4)25-12-8-11-23(18-31)29(24)25/h5-17,32H,1-4H3. The van der Waals surface area contributed by atoms with Gasteiger partial charge in [0.1, 0.15) is 0 Å². The van der Waals surface area contributed by atoms with E-state index in [2.05, 4.69) is 99.7 Å². The third-order valence-electron chi connectivity index (χ3n) is 6.78. The Hall–Kier alpha value is -3.83. The van der Waals surface area contributed by atoms with E-state index in [-0.39, 0.29) is 5.41 Å². The van der Waals surface area contributed by atoms with E-state index in [9.17, 15) is 5.26 Å². The van der Waals surface area contributed by atoms with Crippen molar-refractivity contribution >= 4 is 11.4 Å². The van der Waals surface area contributed by atoms with Gasteiger partial charge < -0.3 is 5.32 Å². The van der Waals surface area contributed by atoms with Crippen molar-refractivity contribution in [2.75, 3.05) is 5.32 Å². The molecular formula is C30H26N2. The molecule has 0 amide bonds. The molecule has 0 aromatic heterocycles. The van der Waals surface area contributed by atoms with Gasteiger partial charge in [-0.1, -0.05) is 74.5 Å². The highest BCUT2D eigenvalue weighted by atomic mass is 14.9. The van der Waals surface area contributed by atoms with E-state index in [1.807, 2.05) is 18.2 Å². The number of hydrogen-bond acceptors (Lipinski definition) is 2. The minimum Gasteiger partial charge on any atom is -0.355 e. The first-order valence-corrected chi connectivity index (χ1v) is 11.0. The lowest BCUT2D eigenvalue weighted by molar-refractivity contribution is 0.660. The Morgan fingerprint density at radius 3 is 2.22 bits per heavy atom. The lowest BCUT2D eigenvalue weighted by Crippen LogP contribution is -2.15. The number of aryl methyl sites for hydroxylation is 2. The van der Waals surface area contributed by atoms with E-state index in [4.69, 9.17) is 0 Å². The zero-order valence-corrected chi connectivity index (χ0v) is 19.0. The van der Waals surface area contributed by atoms with Crippen LogP contribution in [0.4, 0.5) is 11.4 Å². The van der Waals surface area contributed by atoms with Crippen molar-refractivity contribution in [3.63, 3.8) is 0 Å². The van der Waals surface area contributed by atoms with E-state index >= 15 is 0 Å². The van der Waals surface area contributed by atoms with Gasteiger partial charge in [0.25, 0.3) is 0 Å². The Kier molecular flexibility index (Phi) is 4.64. The van der Waals surface area contributed by atoms with Crippen LogP contribution in [-0.4, -0.2) is 0 Å². The summed E-state index contributed by atoms with van der Waals surface area (Å²) >= 11 is 0. The average molecular weight is 415 g/mol. The van der Waals surface area contributed by atoms with Gasteiger partial charge in [-0.2, -0.15) is 5.26 Å². The first-order chi connectivity index (χ1) is 15.4. The molecule has 0 unspecified atom stereocenters. The number of fused-ring (bicyclic) bond motifs is 3. The number of hydrogen-bond donors (Lipinski definition) is 1. The molecule has 2 nitrogen and oxygen atoms in total. The topological polar surface area (TPSA) is 35.8 Å². The van der Waals surface area contributed by atoms with Crippen LogP contribution in [0.2, 0.25) is 0 Å². The highest BCUT2D eigenvalue weighted by Gasteiger charge is 2.37. The number of nitrogens with zero attached hydrogens (tertiary/aromatic N) is 1. The molecule has 1 aliphatic rings. The maximum Gasteiger partial charge on any atom is 0.0998 e. The minimum atomic E-state index is -0.121. The molecular weight excluding hydrogens is 388 g/mol. The summed E-state index contributed by atoms with van der Waals surface area (Å²) in [5.74, 6) is 0. The smallest absolute Gasteiger partial charge is 0.0998 e. The maximum atomic E-state index is 9.77. The van der Waals surface area contributed by atoms with Crippen LogP contribution in [0, 0.1) is 25.2 Å². The summed E-state index contributed by atoms with van der Waals surface area (Å²) in [5, 5.41) is 13.5. The van der Waals surface area contributed by atoms with Gasteiger partial charge in [-0.15, -0.1) is 0 Å². The largest absolute Gasteiger partial charge is 0.355 e. The van der Waals surface area contributed by atoms with Crippen LogP contribution in [0.15, 0.2) is 78.9 Å². The fraction of sp³-hybridized carbons (Fsp3) is 0.167. The molecule has 0 radical (unpaired) electrons. The van der Waals surface area contributed by atoms with Crippen LogP contribution in [0.1, 0.15) is 41.7 Å². The molecule has 0 spiro atoms. The van der Waals surface area contributed by atoms with Gasteiger partial charge >= 0.3 is 0 Å². The second kappa shape index (κ2) is 7.39. The predicted molar refractivity (Wildman–Crippen MR) is 133 cm³/mol. The molecule has 0 saturated carbocycles. The summed E-state index contributed by atoms with van der Waals surface area (Å²) in [4.78, 5) is 0. The van der Waals surface area contributed by atoms with Crippen LogP contribution >= 0.6 is 0 Å². The molecule has 1 N–H and O–H groups in total. The number of nitriles is 1. The first-order valence-electron chi connectivity index (χ1n) is 11.0. The summed E-state index contributed by atoms with van der Waals surface area (Å²) in [5.41, 5.74) is 12.3. The van der Waals surface area contributed by atoms with Gasteiger partial charge in [0.05, 0.1) is 11.6 Å². The second-order valence-electron chi connectivity index (χ2n) is 9.20. The molecule has 0 bridgehead atoms. The molecule has 0 heterocycles. The third-order valence-corrected chi connectivity index (χ3v) is 6.78. The number of benzene rings is 4. The molecule has 4 aromatic rings. The van der Waals surface area contributed by atoms with Crippen LogP contribution in [0.3, 0.4) is 0 Å². The Morgan fingerprint density at radius 1 is 0.719 bits per heavy atom. The van der Waals surface area contributed by atoms with E-state index < -0.39 is 0 Å². The van der Waals surface area contributed by atoms with Gasteiger partial charge in [-0.25, -0.2) is 0 Å². The zero-order valence-electron chi connectivity index (χ0n) is 19.0. The van der Waals surface area contributed by atoms with Crippen molar-refractivity contribution in [1.82, 2.24) is 0 Å². The van der Waals surface area contributed by atoms with E-state index in [0.29, 0.717) is 0 Å². The van der Waals surface area contributed by atoms with Crippen molar-refractivity contribution in [2.45, 2.75) is 33.1 Å². The Morgan fingerprint density at radius 2 is 1.47 bits per heavy atom. The summed E-state index contributed by atoms with van der Waals surface area (Å²) in [7, 11) is 0. The zero-order chi connectivity index (χ0) is 22.5. The van der Waals surface area contributed by atoms with Crippen molar-refractivity contribution in [1.29, 1.82) is 5.26 Å².